The molecule has 3 rings (SSSR count). The summed E-state index contributed by atoms with van der Waals surface area (Å²) in [6, 6.07) is 10.7. The summed E-state index contributed by atoms with van der Waals surface area (Å²) in [5.74, 6) is 0.762. The Bertz CT molecular complexity index is 831. The Labute approximate surface area is 132 Å². The van der Waals surface area contributed by atoms with E-state index < -0.39 is 0 Å². The van der Waals surface area contributed by atoms with Crippen molar-refractivity contribution in [1.29, 1.82) is 0 Å². The second kappa shape index (κ2) is 6.58. The maximum atomic E-state index is 12.3. The van der Waals surface area contributed by atoms with Crippen LogP contribution in [0.3, 0.4) is 0 Å². The number of aromatic nitrogens is 3. The molecule has 0 aliphatic carbocycles. The minimum Gasteiger partial charge on any atom is -0.494 e. The molecule has 0 saturated carbocycles. The predicted octanol–water partition coefficient (Wildman–Crippen LogP) is 2.91. The maximum absolute atomic E-state index is 12.3. The van der Waals surface area contributed by atoms with Crippen LogP contribution in [0, 0.1) is 0 Å². The number of benzene rings is 1. The van der Waals surface area contributed by atoms with E-state index in [4.69, 9.17) is 16.3 Å². The Morgan fingerprint density at radius 3 is 2.77 bits per heavy atom. The molecule has 0 aliphatic heterocycles. The molecule has 0 amide bonds. The van der Waals surface area contributed by atoms with Crippen molar-refractivity contribution in [3.63, 3.8) is 0 Å². The maximum Gasteiger partial charge on any atom is 0.262 e. The Hall–Kier alpha value is -2.40. The number of fused-ring (bicyclic) bond motifs is 1. The molecule has 6 heteroatoms. The van der Waals surface area contributed by atoms with Gasteiger partial charge in [0.2, 0.25) is 0 Å². The van der Waals surface area contributed by atoms with Crippen LogP contribution < -0.4 is 10.3 Å². The summed E-state index contributed by atoms with van der Waals surface area (Å²) >= 11 is 5.81. The molecule has 0 unspecified atom stereocenters. The number of rotatable bonds is 5. The van der Waals surface area contributed by atoms with E-state index in [1.807, 2.05) is 12.1 Å². The third-order valence-corrected chi connectivity index (χ3v) is 3.48. The zero-order valence-electron chi connectivity index (χ0n) is 11.8. The van der Waals surface area contributed by atoms with Crippen LogP contribution in [0.25, 0.3) is 11.0 Å². The van der Waals surface area contributed by atoms with Crippen molar-refractivity contribution in [2.24, 2.45) is 0 Å². The molecule has 22 heavy (non-hydrogen) atoms. The summed E-state index contributed by atoms with van der Waals surface area (Å²) < 4.78 is 7.18. The van der Waals surface area contributed by atoms with Gasteiger partial charge in [0.15, 0.2) is 5.65 Å². The van der Waals surface area contributed by atoms with Crippen LogP contribution in [0.15, 0.2) is 53.7 Å². The van der Waals surface area contributed by atoms with Gasteiger partial charge in [-0.2, -0.15) is 0 Å². The van der Waals surface area contributed by atoms with E-state index in [0.29, 0.717) is 35.6 Å². The van der Waals surface area contributed by atoms with E-state index in [-0.39, 0.29) is 5.56 Å². The van der Waals surface area contributed by atoms with E-state index in [9.17, 15) is 4.79 Å². The smallest absolute Gasteiger partial charge is 0.262 e. The van der Waals surface area contributed by atoms with Crippen LogP contribution in [0.4, 0.5) is 0 Å². The molecule has 0 fully saturated rings. The van der Waals surface area contributed by atoms with Gasteiger partial charge in [-0.25, -0.2) is 9.97 Å². The fourth-order valence-corrected chi connectivity index (χ4v) is 2.24. The van der Waals surface area contributed by atoms with E-state index in [2.05, 4.69) is 9.97 Å². The SMILES string of the molecule is O=c1c2cccnc2ncn1CCCOc1ccc(Cl)cc1. The van der Waals surface area contributed by atoms with Crippen LogP contribution in [0.5, 0.6) is 5.75 Å². The van der Waals surface area contributed by atoms with Crippen molar-refractivity contribution in [1.82, 2.24) is 14.5 Å². The first-order valence-electron chi connectivity index (χ1n) is 6.92. The van der Waals surface area contributed by atoms with Gasteiger partial charge < -0.3 is 4.74 Å². The molecule has 2 heterocycles. The molecule has 1 aromatic carbocycles. The van der Waals surface area contributed by atoms with E-state index >= 15 is 0 Å². The number of ether oxygens (including phenoxy) is 1. The molecule has 0 atom stereocenters. The molecule has 0 aliphatic rings. The van der Waals surface area contributed by atoms with E-state index in [0.717, 1.165) is 5.75 Å². The Balaban J connectivity index is 1.61. The summed E-state index contributed by atoms with van der Waals surface area (Å²) in [6.45, 7) is 1.06. The van der Waals surface area contributed by atoms with Crippen molar-refractivity contribution >= 4 is 22.6 Å². The monoisotopic (exact) mass is 315 g/mol. The van der Waals surface area contributed by atoms with Crippen molar-refractivity contribution in [2.75, 3.05) is 6.61 Å². The van der Waals surface area contributed by atoms with Gasteiger partial charge in [0.25, 0.3) is 5.56 Å². The molecule has 3 aromatic rings. The number of pyridine rings is 1. The quantitative estimate of drug-likeness (QED) is 0.679. The average molecular weight is 316 g/mol. The number of nitrogens with zero attached hydrogens (tertiary/aromatic N) is 3. The first-order chi connectivity index (χ1) is 10.7. The van der Waals surface area contributed by atoms with Crippen LogP contribution >= 0.6 is 11.6 Å². The number of halogens is 1. The van der Waals surface area contributed by atoms with Crippen LogP contribution in [0.2, 0.25) is 5.02 Å². The molecule has 0 saturated heterocycles. The summed E-state index contributed by atoms with van der Waals surface area (Å²) in [5.41, 5.74) is 0.394. The lowest BCUT2D eigenvalue weighted by atomic mass is 10.3. The normalized spacial score (nSPS) is 10.8. The first kappa shape index (κ1) is 14.5. The fourth-order valence-electron chi connectivity index (χ4n) is 2.11. The van der Waals surface area contributed by atoms with Crippen LogP contribution in [-0.4, -0.2) is 21.1 Å². The second-order valence-corrected chi connectivity index (χ2v) is 5.21. The standard InChI is InChI=1S/C16H14ClN3O2/c17-12-4-6-13(7-5-12)22-10-2-9-20-11-19-15-14(16(20)21)3-1-8-18-15/h1,3-8,11H,2,9-10H2. The lowest BCUT2D eigenvalue weighted by Gasteiger charge is -2.08. The van der Waals surface area contributed by atoms with E-state index in [1.54, 1.807) is 35.0 Å². The number of aryl methyl sites for hydroxylation is 1. The van der Waals surface area contributed by atoms with Gasteiger partial charge in [-0.3, -0.25) is 9.36 Å². The average Bonchev–Trinajstić information content (AvgIpc) is 2.55. The Morgan fingerprint density at radius 2 is 1.95 bits per heavy atom. The summed E-state index contributed by atoms with van der Waals surface area (Å²) in [5, 5.41) is 1.21. The van der Waals surface area contributed by atoms with Gasteiger partial charge in [-0.1, -0.05) is 11.6 Å². The third kappa shape index (κ3) is 3.26. The highest BCUT2D eigenvalue weighted by Crippen LogP contribution is 2.15. The molecule has 5 nitrogen and oxygen atoms in total. The highest BCUT2D eigenvalue weighted by Gasteiger charge is 2.04. The molecule has 0 radical (unpaired) electrons. The summed E-state index contributed by atoms with van der Waals surface area (Å²) in [4.78, 5) is 20.5. The van der Waals surface area contributed by atoms with Gasteiger partial charge in [-0.15, -0.1) is 0 Å². The lowest BCUT2D eigenvalue weighted by molar-refractivity contribution is 0.301. The molecular weight excluding hydrogens is 302 g/mol. The predicted molar refractivity (Wildman–Crippen MR) is 85.4 cm³/mol. The van der Waals surface area contributed by atoms with Crippen molar-refractivity contribution < 1.29 is 4.74 Å². The van der Waals surface area contributed by atoms with Gasteiger partial charge in [0, 0.05) is 17.8 Å². The van der Waals surface area contributed by atoms with Crippen LogP contribution in [-0.2, 0) is 6.54 Å². The van der Waals surface area contributed by atoms with Crippen molar-refractivity contribution in [2.45, 2.75) is 13.0 Å². The first-order valence-corrected chi connectivity index (χ1v) is 7.30. The van der Waals surface area contributed by atoms with Gasteiger partial charge in [0.05, 0.1) is 18.3 Å². The van der Waals surface area contributed by atoms with Gasteiger partial charge in [-0.05, 0) is 42.8 Å². The molecule has 0 bridgehead atoms. The minimum absolute atomic E-state index is 0.0791. The molecular formula is C16H14ClN3O2. The second-order valence-electron chi connectivity index (χ2n) is 4.77. The summed E-state index contributed by atoms with van der Waals surface area (Å²) in [7, 11) is 0. The molecule has 0 spiro atoms. The number of hydrogen-bond donors (Lipinski definition) is 0. The van der Waals surface area contributed by atoms with E-state index in [1.165, 1.54) is 6.33 Å². The molecule has 0 N–H and O–H groups in total. The highest BCUT2D eigenvalue weighted by atomic mass is 35.5. The largest absolute Gasteiger partial charge is 0.494 e. The molecule has 2 aromatic heterocycles. The minimum atomic E-state index is -0.0791. The third-order valence-electron chi connectivity index (χ3n) is 3.22. The van der Waals surface area contributed by atoms with Crippen molar-refractivity contribution in [3.05, 3.63) is 64.3 Å². The Kier molecular flexibility index (Phi) is 4.34. The fraction of sp³-hybridized carbons (Fsp3) is 0.188. The lowest BCUT2D eigenvalue weighted by Crippen LogP contribution is -2.21. The summed E-state index contributed by atoms with van der Waals surface area (Å²) in [6.07, 6.45) is 3.86. The molecule has 112 valence electrons. The zero-order chi connectivity index (χ0) is 15.4. The van der Waals surface area contributed by atoms with Gasteiger partial charge in [0.1, 0.15) is 5.75 Å². The Morgan fingerprint density at radius 1 is 1.14 bits per heavy atom. The van der Waals surface area contributed by atoms with Gasteiger partial charge >= 0.3 is 0 Å². The highest BCUT2D eigenvalue weighted by molar-refractivity contribution is 6.30. The zero-order valence-corrected chi connectivity index (χ0v) is 12.5. The number of hydrogen-bond acceptors (Lipinski definition) is 4. The van der Waals surface area contributed by atoms with Crippen molar-refractivity contribution in [3.8, 4) is 5.75 Å². The van der Waals surface area contributed by atoms with Crippen LogP contribution in [0.1, 0.15) is 6.42 Å². The topological polar surface area (TPSA) is 57.0 Å².